The Morgan fingerprint density at radius 3 is 2.75 bits per heavy atom. The summed E-state index contributed by atoms with van der Waals surface area (Å²) < 4.78 is 16.6. The molecule has 3 rings (SSSR count). The maximum Gasteiger partial charge on any atom is 0.339 e. The van der Waals surface area contributed by atoms with E-state index in [0.29, 0.717) is 41.4 Å². The van der Waals surface area contributed by atoms with E-state index in [4.69, 9.17) is 14.2 Å². The summed E-state index contributed by atoms with van der Waals surface area (Å²) >= 11 is 0. The highest BCUT2D eigenvalue weighted by atomic mass is 16.5. The Bertz CT molecular complexity index is 914. The highest BCUT2D eigenvalue weighted by Crippen LogP contribution is 2.41. The lowest BCUT2D eigenvalue weighted by atomic mass is 10.0. The van der Waals surface area contributed by atoms with Crippen molar-refractivity contribution < 1.29 is 23.8 Å². The second-order valence-electron chi connectivity index (χ2n) is 7.50. The molecule has 0 radical (unpaired) electrons. The lowest BCUT2D eigenvalue weighted by molar-refractivity contribution is 0.0599. The molecule has 1 aromatic carbocycles. The number of nitrogens with one attached hydrogen (secondary N) is 2. The van der Waals surface area contributed by atoms with Crippen molar-refractivity contribution in [3.05, 3.63) is 46.3 Å². The van der Waals surface area contributed by atoms with E-state index in [-0.39, 0.29) is 11.5 Å². The summed E-state index contributed by atoms with van der Waals surface area (Å²) in [5.74, 6) is 0.694. The van der Waals surface area contributed by atoms with Crippen molar-refractivity contribution in [3.63, 3.8) is 0 Å². The third-order valence-electron chi connectivity index (χ3n) is 4.75. The predicted molar refractivity (Wildman–Crippen MR) is 104 cm³/mol. The number of benzene rings is 1. The van der Waals surface area contributed by atoms with Gasteiger partial charge in [0.25, 0.3) is 5.91 Å². The Morgan fingerprint density at radius 2 is 2.04 bits per heavy atom. The lowest BCUT2D eigenvalue weighted by Crippen LogP contribution is -2.29. The molecule has 1 aliphatic rings. The van der Waals surface area contributed by atoms with E-state index in [2.05, 4.69) is 10.3 Å². The second kappa shape index (κ2) is 7.58. The van der Waals surface area contributed by atoms with Crippen LogP contribution in [0.2, 0.25) is 0 Å². The Morgan fingerprint density at radius 1 is 1.29 bits per heavy atom. The van der Waals surface area contributed by atoms with Gasteiger partial charge in [-0.05, 0) is 39.3 Å². The van der Waals surface area contributed by atoms with Gasteiger partial charge in [0.2, 0.25) is 0 Å². The van der Waals surface area contributed by atoms with Gasteiger partial charge in [-0.2, -0.15) is 0 Å². The zero-order valence-electron chi connectivity index (χ0n) is 16.9. The van der Waals surface area contributed by atoms with Gasteiger partial charge in [-0.15, -0.1) is 0 Å². The first kappa shape index (κ1) is 19.8. The van der Waals surface area contributed by atoms with Crippen molar-refractivity contribution in [2.75, 3.05) is 20.3 Å². The van der Waals surface area contributed by atoms with Crippen LogP contribution in [0.3, 0.4) is 0 Å². The highest BCUT2D eigenvalue weighted by Gasteiger charge is 2.32. The van der Waals surface area contributed by atoms with E-state index in [1.807, 2.05) is 32.0 Å². The van der Waals surface area contributed by atoms with Gasteiger partial charge in [-0.25, -0.2) is 4.79 Å². The summed E-state index contributed by atoms with van der Waals surface area (Å²) in [6.45, 7) is 8.15. The van der Waals surface area contributed by atoms with Crippen LogP contribution in [0.4, 0.5) is 0 Å². The number of hydrogen-bond donors (Lipinski definition) is 2. The molecule has 0 fully saturated rings. The van der Waals surface area contributed by atoms with Crippen molar-refractivity contribution in [2.24, 2.45) is 0 Å². The number of esters is 1. The van der Waals surface area contributed by atoms with E-state index in [1.165, 1.54) is 7.11 Å². The Kier molecular flexibility index (Phi) is 5.36. The molecule has 28 heavy (non-hydrogen) atoms. The van der Waals surface area contributed by atoms with E-state index < -0.39 is 5.97 Å². The van der Waals surface area contributed by atoms with E-state index in [0.717, 1.165) is 17.7 Å². The zero-order valence-corrected chi connectivity index (χ0v) is 16.9. The van der Waals surface area contributed by atoms with Gasteiger partial charge in [0.1, 0.15) is 17.9 Å². The Balaban J connectivity index is 1.58. The summed E-state index contributed by atoms with van der Waals surface area (Å²) in [5, 5.41) is 2.80. The van der Waals surface area contributed by atoms with Crippen molar-refractivity contribution >= 4 is 11.9 Å². The number of para-hydroxylation sites is 1. The molecular formula is C21H26N2O5. The fourth-order valence-corrected chi connectivity index (χ4v) is 3.50. The van der Waals surface area contributed by atoms with Gasteiger partial charge >= 0.3 is 5.97 Å². The molecule has 7 nitrogen and oxygen atoms in total. The van der Waals surface area contributed by atoms with Crippen LogP contribution in [-0.2, 0) is 11.2 Å². The molecule has 1 amide bonds. The summed E-state index contributed by atoms with van der Waals surface area (Å²) in [6.07, 6.45) is 0.838. The maximum atomic E-state index is 12.5. The summed E-state index contributed by atoms with van der Waals surface area (Å²) in [5.41, 5.74) is 2.80. The number of ether oxygens (including phenoxy) is 3. The van der Waals surface area contributed by atoms with Gasteiger partial charge < -0.3 is 24.5 Å². The molecule has 0 unspecified atom stereocenters. The van der Waals surface area contributed by atoms with Crippen LogP contribution in [0.15, 0.2) is 18.2 Å². The van der Waals surface area contributed by atoms with Crippen LogP contribution in [0.1, 0.15) is 51.5 Å². The fraction of sp³-hybridized carbons (Fsp3) is 0.429. The molecule has 0 atom stereocenters. The molecule has 0 aliphatic carbocycles. The van der Waals surface area contributed by atoms with Crippen LogP contribution >= 0.6 is 0 Å². The van der Waals surface area contributed by atoms with Crippen molar-refractivity contribution in [1.82, 2.24) is 10.3 Å². The number of rotatable bonds is 6. The average molecular weight is 386 g/mol. The predicted octanol–water partition coefficient (Wildman–Crippen LogP) is 2.94. The van der Waals surface area contributed by atoms with Gasteiger partial charge in [-0.3, -0.25) is 4.79 Å². The molecule has 0 saturated carbocycles. The Hall–Kier alpha value is -2.96. The number of carbonyl (C=O) groups is 2. The lowest BCUT2D eigenvalue weighted by Gasteiger charge is -2.18. The van der Waals surface area contributed by atoms with Gasteiger partial charge in [0.15, 0.2) is 11.5 Å². The fourth-order valence-electron chi connectivity index (χ4n) is 3.50. The van der Waals surface area contributed by atoms with Gasteiger partial charge in [0.05, 0.1) is 19.2 Å². The molecule has 150 valence electrons. The molecule has 2 heterocycles. The maximum absolute atomic E-state index is 12.5. The van der Waals surface area contributed by atoms with Crippen molar-refractivity contribution in [3.8, 4) is 11.5 Å². The minimum absolute atomic E-state index is 0.240. The van der Waals surface area contributed by atoms with Gasteiger partial charge in [0, 0.05) is 17.7 Å². The summed E-state index contributed by atoms with van der Waals surface area (Å²) in [6, 6.07) is 5.84. The molecule has 0 bridgehead atoms. The molecule has 1 aromatic heterocycles. The third-order valence-corrected chi connectivity index (χ3v) is 4.75. The molecule has 2 aromatic rings. The van der Waals surface area contributed by atoms with Gasteiger partial charge in [-0.1, -0.05) is 12.1 Å². The number of hydrogen-bond acceptors (Lipinski definition) is 5. The number of aryl methyl sites for hydroxylation is 1. The summed E-state index contributed by atoms with van der Waals surface area (Å²) in [4.78, 5) is 27.2. The standard InChI is InChI=1S/C21H26N2O5/c1-12-16(20(25)26-5)13(2)23-17(12)19(24)22-9-10-27-15-8-6-7-14-11-21(3,4)28-18(14)15/h6-8,23H,9-11H2,1-5H3,(H,22,24). The molecule has 1 aliphatic heterocycles. The molecule has 0 saturated heterocycles. The van der Waals surface area contributed by atoms with Crippen LogP contribution in [-0.4, -0.2) is 42.7 Å². The molecule has 0 spiro atoms. The van der Waals surface area contributed by atoms with Crippen LogP contribution in [0.25, 0.3) is 0 Å². The normalized spacial score (nSPS) is 14.2. The zero-order chi connectivity index (χ0) is 20.5. The SMILES string of the molecule is COC(=O)c1c(C)[nH]c(C(=O)NCCOc2cccc3c2OC(C)(C)C3)c1C. The van der Waals surface area contributed by atoms with Crippen LogP contribution < -0.4 is 14.8 Å². The average Bonchev–Trinajstić information content (AvgIpc) is 3.12. The minimum Gasteiger partial charge on any atom is -0.488 e. The van der Waals surface area contributed by atoms with Crippen molar-refractivity contribution in [1.29, 1.82) is 0 Å². The second-order valence-corrected chi connectivity index (χ2v) is 7.50. The first-order valence-corrected chi connectivity index (χ1v) is 9.23. The first-order valence-electron chi connectivity index (χ1n) is 9.23. The van der Waals surface area contributed by atoms with Crippen LogP contribution in [0, 0.1) is 13.8 Å². The monoisotopic (exact) mass is 386 g/mol. The van der Waals surface area contributed by atoms with E-state index >= 15 is 0 Å². The number of fused-ring (bicyclic) bond motifs is 1. The molecule has 7 heteroatoms. The number of amides is 1. The third kappa shape index (κ3) is 3.83. The molecular weight excluding hydrogens is 360 g/mol. The number of aromatic amines is 1. The van der Waals surface area contributed by atoms with Crippen LogP contribution in [0.5, 0.6) is 11.5 Å². The minimum atomic E-state index is -0.463. The van der Waals surface area contributed by atoms with Crippen molar-refractivity contribution in [2.45, 2.75) is 39.7 Å². The number of carbonyl (C=O) groups excluding carboxylic acids is 2. The summed E-state index contributed by atoms with van der Waals surface area (Å²) in [7, 11) is 1.32. The Labute approximate surface area is 164 Å². The molecule has 2 N–H and O–H groups in total. The number of methoxy groups -OCH3 is 1. The first-order chi connectivity index (χ1) is 13.2. The smallest absolute Gasteiger partial charge is 0.339 e. The quantitative estimate of drug-likeness (QED) is 0.589. The largest absolute Gasteiger partial charge is 0.488 e. The topological polar surface area (TPSA) is 89.7 Å². The van der Waals surface area contributed by atoms with E-state index in [9.17, 15) is 9.59 Å². The van der Waals surface area contributed by atoms with E-state index in [1.54, 1.807) is 13.8 Å². The number of H-pyrrole nitrogens is 1. The highest BCUT2D eigenvalue weighted by molar-refractivity contribution is 6.00. The number of aromatic nitrogens is 1.